The minimum absolute atomic E-state index is 0.228. The van der Waals surface area contributed by atoms with Gasteiger partial charge in [-0.3, -0.25) is 5.43 Å². The highest BCUT2D eigenvalue weighted by Gasteiger charge is 2.24. The van der Waals surface area contributed by atoms with Gasteiger partial charge in [-0.25, -0.2) is 20.2 Å². The molecule has 0 spiro atoms. The molecule has 1 aromatic carbocycles. The highest BCUT2D eigenvalue weighted by Crippen LogP contribution is 2.40. The molecule has 0 unspecified atom stereocenters. The molecular formula is C17H18N8OS. The Kier molecular flexibility index (Phi) is 3.80. The van der Waals surface area contributed by atoms with E-state index in [1.165, 1.54) is 4.88 Å². The molecule has 27 heavy (non-hydrogen) atoms. The normalized spacial score (nSPS) is 15.3. The molecule has 0 amide bonds. The van der Waals surface area contributed by atoms with Gasteiger partial charge in [0, 0.05) is 28.5 Å². The van der Waals surface area contributed by atoms with Crippen LogP contribution in [0.2, 0.25) is 0 Å². The average Bonchev–Trinajstić information content (AvgIpc) is 3.40. The summed E-state index contributed by atoms with van der Waals surface area (Å²) in [6.07, 6.45) is 2.40. The van der Waals surface area contributed by atoms with Gasteiger partial charge in [-0.05, 0) is 26.0 Å². The zero-order valence-electron chi connectivity index (χ0n) is 14.9. The van der Waals surface area contributed by atoms with E-state index in [0.717, 1.165) is 45.7 Å². The fourth-order valence-corrected chi connectivity index (χ4v) is 4.23. The van der Waals surface area contributed by atoms with E-state index in [1.54, 1.807) is 17.7 Å². The molecule has 138 valence electrons. The Bertz CT molecular complexity index is 1040. The van der Waals surface area contributed by atoms with Gasteiger partial charge in [0.25, 0.3) is 0 Å². The number of aromatic nitrogens is 4. The van der Waals surface area contributed by atoms with E-state index in [-0.39, 0.29) is 6.04 Å². The molecule has 0 saturated heterocycles. The van der Waals surface area contributed by atoms with Crippen LogP contribution in [0, 0.1) is 0 Å². The van der Waals surface area contributed by atoms with Gasteiger partial charge in [0.15, 0.2) is 16.7 Å². The lowest BCUT2D eigenvalue weighted by Crippen LogP contribution is -2.35. The molecule has 0 aliphatic carbocycles. The van der Waals surface area contributed by atoms with Crippen molar-refractivity contribution in [3.8, 4) is 27.8 Å². The lowest BCUT2D eigenvalue weighted by Gasteiger charge is -2.09. The SMILES string of the molecule is CC(C)n1ncnc1-c1nc2c(s1)CCOc1cc(C3=NNNN3)ccc1-2. The van der Waals surface area contributed by atoms with Crippen molar-refractivity contribution in [2.45, 2.75) is 26.3 Å². The van der Waals surface area contributed by atoms with E-state index in [0.29, 0.717) is 6.61 Å². The third-order valence-electron chi connectivity index (χ3n) is 4.45. The first-order valence-corrected chi connectivity index (χ1v) is 9.53. The number of hydrogen-bond donors (Lipinski definition) is 3. The van der Waals surface area contributed by atoms with Crippen molar-refractivity contribution in [3.05, 3.63) is 35.0 Å². The molecule has 2 aliphatic rings. The number of fused-ring (bicyclic) bond motifs is 3. The van der Waals surface area contributed by atoms with Crippen LogP contribution in [0.15, 0.2) is 29.6 Å². The number of thiazole rings is 1. The molecule has 10 heteroatoms. The van der Waals surface area contributed by atoms with Crippen LogP contribution < -0.4 is 21.2 Å². The van der Waals surface area contributed by atoms with Crippen molar-refractivity contribution in [3.63, 3.8) is 0 Å². The van der Waals surface area contributed by atoms with E-state index in [2.05, 4.69) is 45.5 Å². The third kappa shape index (κ3) is 2.73. The molecule has 0 bridgehead atoms. The summed E-state index contributed by atoms with van der Waals surface area (Å²) in [4.78, 5) is 10.5. The first-order chi connectivity index (χ1) is 13.2. The second kappa shape index (κ2) is 6.32. The second-order valence-electron chi connectivity index (χ2n) is 6.54. The topological polar surface area (TPSA) is 101 Å². The van der Waals surface area contributed by atoms with E-state index in [1.807, 2.05) is 22.9 Å². The smallest absolute Gasteiger partial charge is 0.187 e. The first-order valence-electron chi connectivity index (χ1n) is 8.71. The minimum Gasteiger partial charge on any atom is -0.492 e. The number of nitrogens with zero attached hydrogens (tertiary/aromatic N) is 5. The van der Waals surface area contributed by atoms with Crippen molar-refractivity contribution < 1.29 is 4.74 Å². The van der Waals surface area contributed by atoms with E-state index >= 15 is 0 Å². The summed E-state index contributed by atoms with van der Waals surface area (Å²) < 4.78 is 7.90. The Labute approximate surface area is 159 Å². The van der Waals surface area contributed by atoms with Gasteiger partial charge in [-0.15, -0.1) is 22.0 Å². The van der Waals surface area contributed by atoms with Crippen LogP contribution in [0.3, 0.4) is 0 Å². The number of nitrogens with one attached hydrogen (secondary N) is 3. The molecule has 3 N–H and O–H groups in total. The predicted molar refractivity (Wildman–Crippen MR) is 102 cm³/mol. The minimum atomic E-state index is 0.228. The van der Waals surface area contributed by atoms with Crippen LogP contribution in [-0.2, 0) is 6.42 Å². The van der Waals surface area contributed by atoms with Gasteiger partial charge < -0.3 is 4.74 Å². The van der Waals surface area contributed by atoms with E-state index in [4.69, 9.17) is 9.72 Å². The molecule has 0 fully saturated rings. The monoisotopic (exact) mass is 382 g/mol. The van der Waals surface area contributed by atoms with Crippen LogP contribution in [0.4, 0.5) is 0 Å². The van der Waals surface area contributed by atoms with Crippen molar-refractivity contribution in [2.24, 2.45) is 5.10 Å². The van der Waals surface area contributed by atoms with Crippen molar-refractivity contribution in [1.29, 1.82) is 0 Å². The third-order valence-corrected chi connectivity index (χ3v) is 5.56. The lowest BCUT2D eigenvalue weighted by atomic mass is 10.1. The molecule has 3 aromatic rings. The van der Waals surface area contributed by atoms with Gasteiger partial charge in [-0.2, -0.15) is 5.10 Å². The van der Waals surface area contributed by atoms with E-state index in [9.17, 15) is 0 Å². The standard InChI is InChI=1S/C17H18N8OS/c1-9(2)25-16(18-8-19-25)17-20-14-11-4-3-10(15-21-23-24-22-15)7-12(11)26-6-5-13(14)27-17/h3-4,7-9,23-24H,5-6H2,1-2H3,(H,21,22). The Hall–Kier alpha value is -2.98. The van der Waals surface area contributed by atoms with Crippen LogP contribution in [0.5, 0.6) is 5.75 Å². The van der Waals surface area contributed by atoms with Crippen LogP contribution in [0.25, 0.3) is 22.1 Å². The number of benzene rings is 1. The second-order valence-corrected chi connectivity index (χ2v) is 7.63. The summed E-state index contributed by atoms with van der Waals surface area (Å²) >= 11 is 1.66. The Morgan fingerprint density at radius 3 is 3.04 bits per heavy atom. The van der Waals surface area contributed by atoms with Crippen molar-refractivity contribution in [1.82, 2.24) is 36.2 Å². The summed E-state index contributed by atoms with van der Waals surface area (Å²) in [5, 5.41) is 9.36. The molecule has 5 rings (SSSR count). The highest BCUT2D eigenvalue weighted by molar-refractivity contribution is 7.15. The van der Waals surface area contributed by atoms with Gasteiger partial charge in [0.05, 0.1) is 12.3 Å². The fourth-order valence-electron chi connectivity index (χ4n) is 3.18. The number of hydrazone groups is 1. The maximum Gasteiger partial charge on any atom is 0.187 e. The van der Waals surface area contributed by atoms with Gasteiger partial charge in [-0.1, -0.05) is 6.07 Å². The fraction of sp³-hybridized carbons (Fsp3) is 0.294. The molecule has 9 nitrogen and oxygen atoms in total. The predicted octanol–water partition coefficient (Wildman–Crippen LogP) is 1.86. The molecule has 0 atom stereocenters. The molecule has 2 aliphatic heterocycles. The largest absolute Gasteiger partial charge is 0.492 e. The van der Waals surface area contributed by atoms with Crippen molar-refractivity contribution in [2.75, 3.05) is 6.61 Å². The summed E-state index contributed by atoms with van der Waals surface area (Å²) in [6, 6.07) is 6.26. The summed E-state index contributed by atoms with van der Waals surface area (Å²) in [5.74, 6) is 2.34. The maximum atomic E-state index is 5.99. The maximum absolute atomic E-state index is 5.99. The zero-order valence-corrected chi connectivity index (χ0v) is 15.7. The van der Waals surface area contributed by atoms with Gasteiger partial charge in [0.2, 0.25) is 0 Å². The zero-order chi connectivity index (χ0) is 18.4. The van der Waals surface area contributed by atoms with Crippen LogP contribution >= 0.6 is 11.3 Å². The Balaban J connectivity index is 1.58. The number of hydrogen-bond acceptors (Lipinski definition) is 9. The summed E-state index contributed by atoms with van der Waals surface area (Å²) in [5.41, 5.74) is 11.3. The molecule has 0 saturated carbocycles. The van der Waals surface area contributed by atoms with Gasteiger partial charge >= 0.3 is 0 Å². The summed E-state index contributed by atoms with van der Waals surface area (Å²) in [6.45, 7) is 4.79. The molecule has 2 aromatic heterocycles. The number of rotatable bonds is 3. The van der Waals surface area contributed by atoms with Crippen molar-refractivity contribution >= 4 is 17.2 Å². The van der Waals surface area contributed by atoms with Gasteiger partial charge in [0.1, 0.15) is 12.1 Å². The number of hydrazine groups is 2. The molecular weight excluding hydrogens is 364 g/mol. The van der Waals surface area contributed by atoms with Crippen LogP contribution in [-0.4, -0.2) is 32.2 Å². The number of ether oxygens (including phenoxy) is 1. The highest BCUT2D eigenvalue weighted by atomic mass is 32.1. The Morgan fingerprint density at radius 1 is 1.30 bits per heavy atom. The summed E-state index contributed by atoms with van der Waals surface area (Å²) in [7, 11) is 0. The Morgan fingerprint density at radius 2 is 2.22 bits per heavy atom. The lowest BCUT2D eigenvalue weighted by molar-refractivity contribution is 0.327. The van der Waals surface area contributed by atoms with E-state index < -0.39 is 0 Å². The molecule has 0 radical (unpaired) electrons. The molecule has 4 heterocycles. The quantitative estimate of drug-likeness (QED) is 0.635. The first kappa shape index (κ1) is 16.2. The average molecular weight is 382 g/mol. The van der Waals surface area contributed by atoms with Crippen LogP contribution in [0.1, 0.15) is 30.3 Å². The number of amidine groups is 1.